The lowest BCUT2D eigenvalue weighted by molar-refractivity contribution is -0.307. The fourth-order valence-corrected chi connectivity index (χ4v) is 5.97. The maximum Gasteiger partial charge on any atom is 0.311 e. The van der Waals surface area contributed by atoms with Gasteiger partial charge in [-0.1, -0.05) is 0 Å². The summed E-state index contributed by atoms with van der Waals surface area (Å²) in [6.45, 7) is 11.3. The predicted molar refractivity (Wildman–Crippen MR) is 131 cm³/mol. The summed E-state index contributed by atoms with van der Waals surface area (Å²) >= 11 is 0. The summed E-state index contributed by atoms with van der Waals surface area (Å²) < 4.78 is 36.3. The van der Waals surface area contributed by atoms with E-state index in [9.17, 15) is 15.0 Å². The van der Waals surface area contributed by atoms with E-state index >= 15 is 0 Å². The van der Waals surface area contributed by atoms with Gasteiger partial charge in [0.15, 0.2) is 6.29 Å². The van der Waals surface area contributed by atoms with Crippen LogP contribution in [0, 0.1) is 5.92 Å². The third-order valence-corrected chi connectivity index (χ3v) is 8.12. The van der Waals surface area contributed by atoms with E-state index in [4.69, 9.17) is 28.4 Å². The number of methoxy groups -OCH3 is 2. The van der Waals surface area contributed by atoms with Crippen LogP contribution in [0.3, 0.4) is 0 Å². The third kappa shape index (κ3) is 6.58. The summed E-state index contributed by atoms with van der Waals surface area (Å²) in [6.07, 6.45) is -1.69. The van der Waals surface area contributed by atoms with Gasteiger partial charge in [0.2, 0.25) is 0 Å². The molecule has 210 valence electrons. The molecule has 10 heteroatoms. The Hall–Kier alpha value is -0.850. The molecule has 10 nitrogen and oxygen atoms in total. The molecule has 3 fully saturated rings. The van der Waals surface area contributed by atoms with Crippen molar-refractivity contribution in [2.24, 2.45) is 5.92 Å². The van der Waals surface area contributed by atoms with Crippen LogP contribution >= 0.6 is 0 Å². The average molecular weight is 518 g/mol. The van der Waals surface area contributed by atoms with E-state index in [1.165, 1.54) is 0 Å². The molecule has 3 aliphatic rings. The van der Waals surface area contributed by atoms with Crippen molar-refractivity contribution >= 4 is 5.97 Å². The fourth-order valence-electron chi connectivity index (χ4n) is 5.97. The molecule has 0 amide bonds. The highest BCUT2D eigenvalue weighted by Gasteiger charge is 2.51. The van der Waals surface area contributed by atoms with Crippen LogP contribution in [0.15, 0.2) is 0 Å². The van der Waals surface area contributed by atoms with Crippen molar-refractivity contribution in [2.45, 2.75) is 127 Å². The van der Waals surface area contributed by atoms with Crippen molar-refractivity contribution in [3.05, 3.63) is 0 Å². The van der Waals surface area contributed by atoms with Gasteiger partial charge < -0.3 is 44.0 Å². The van der Waals surface area contributed by atoms with Gasteiger partial charge in [0, 0.05) is 33.1 Å². The number of carbonyl (C=O) groups is 1. The fraction of sp³-hybridized carbons (Fsp3) is 0.962. The predicted octanol–water partition coefficient (Wildman–Crippen LogP) is 1.54. The van der Waals surface area contributed by atoms with E-state index < -0.39 is 53.3 Å². The standard InChI is InChI=1S/C26H47NO9/c1-15-20(36-19-13-26(6,32-8)22(31-7)17(3)34-19)18-12-24(4,29)10-9-11-27-16(2)21(35-18)25(5,30)14-33-23(15)28/h15-22,27,29-30H,9-14H2,1-8H3/t15?,16?,17-,18+,19?,20+,21?,22?,24+,25+,26+/m0/s1. The zero-order valence-electron chi connectivity index (χ0n) is 23.1. The van der Waals surface area contributed by atoms with E-state index in [0.717, 1.165) is 6.42 Å². The van der Waals surface area contributed by atoms with Crippen molar-refractivity contribution < 1.29 is 43.4 Å². The zero-order chi connectivity index (χ0) is 26.9. The zero-order valence-corrected chi connectivity index (χ0v) is 23.1. The van der Waals surface area contributed by atoms with Crippen LogP contribution in [0.5, 0.6) is 0 Å². The molecule has 5 unspecified atom stereocenters. The first kappa shape index (κ1) is 29.7. The first-order valence-electron chi connectivity index (χ1n) is 13.1. The Morgan fingerprint density at radius 1 is 1.06 bits per heavy atom. The maximum atomic E-state index is 13.1. The molecular formula is C26H47NO9. The Balaban J connectivity index is 1.98. The lowest BCUT2D eigenvalue weighted by Crippen LogP contribution is -2.60. The molecule has 0 saturated carbocycles. The minimum atomic E-state index is -1.45. The Morgan fingerprint density at radius 3 is 2.39 bits per heavy atom. The van der Waals surface area contributed by atoms with Crippen molar-refractivity contribution in [2.75, 3.05) is 27.4 Å². The molecule has 3 rings (SSSR count). The highest BCUT2D eigenvalue weighted by atomic mass is 16.7. The summed E-state index contributed by atoms with van der Waals surface area (Å²) in [6, 6.07) is -0.233. The summed E-state index contributed by atoms with van der Waals surface area (Å²) in [7, 11) is 3.25. The quantitative estimate of drug-likeness (QED) is 0.473. The molecule has 3 N–H and O–H groups in total. The lowest BCUT2D eigenvalue weighted by Gasteiger charge is -2.47. The molecule has 2 bridgehead atoms. The topological polar surface area (TPSA) is 125 Å². The lowest BCUT2D eigenvalue weighted by atomic mass is 9.85. The number of hydrogen-bond donors (Lipinski definition) is 3. The molecule has 3 aliphatic heterocycles. The second-order valence-corrected chi connectivity index (χ2v) is 11.6. The van der Waals surface area contributed by atoms with Gasteiger partial charge in [-0.15, -0.1) is 0 Å². The molecule has 0 radical (unpaired) electrons. The molecule has 0 aromatic carbocycles. The molecule has 0 aliphatic carbocycles. The molecule has 36 heavy (non-hydrogen) atoms. The van der Waals surface area contributed by atoms with E-state index in [1.807, 2.05) is 20.8 Å². The van der Waals surface area contributed by atoms with Crippen LogP contribution < -0.4 is 5.32 Å². The van der Waals surface area contributed by atoms with Crippen LogP contribution in [0.4, 0.5) is 0 Å². The maximum absolute atomic E-state index is 13.1. The Morgan fingerprint density at radius 2 is 1.75 bits per heavy atom. The molecule has 0 aromatic rings. The van der Waals surface area contributed by atoms with Crippen LogP contribution in [0.1, 0.15) is 67.2 Å². The number of esters is 1. The van der Waals surface area contributed by atoms with Gasteiger partial charge >= 0.3 is 5.97 Å². The summed E-state index contributed by atoms with van der Waals surface area (Å²) in [5.41, 5.74) is -3.19. The van der Waals surface area contributed by atoms with Gasteiger partial charge in [-0.2, -0.15) is 0 Å². The Bertz CT molecular complexity index is 747. The summed E-state index contributed by atoms with van der Waals surface area (Å²) in [5, 5.41) is 25.9. The molecular weight excluding hydrogens is 470 g/mol. The molecule has 0 aromatic heterocycles. The minimum absolute atomic E-state index is 0.211. The highest BCUT2D eigenvalue weighted by molar-refractivity contribution is 5.73. The van der Waals surface area contributed by atoms with Crippen LogP contribution in [0.2, 0.25) is 0 Å². The van der Waals surface area contributed by atoms with Crippen LogP contribution in [0.25, 0.3) is 0 Å². The highest BCUT2D eigenvalue weighted by Crippen LogP contribution is 2.38. The number of hydrogen-bond acceptors (Lipinski definition) is 10. The van der Waals surface area contributed by atoms with E-state index in [-0.39, 0.29) is 31.3 Å². The number of fused-ring (bicyclic) bond motifs is 2. The summed E-state index contributed by atoms with van der Waals surface area (Å²) in [4.78, 5) is 13.1. The van der Waals surface area contributed by atoms with E-state index in [0.29, 0.717) is 19.4 Å². The second-order valence-electron chi connectivity index (χ2n) is 11.6. The smallest absolute Gasteiger partial charge is 0.311 e. The first-order valence-corrected chi connectivity index (χ1v) is 13.1. The second kappa shape index (κ2) is 11.5. The van der Waals surface area contributed by atoms with E-state index in [2.05, 4.69) is 5.32 Å². The SMILES string of the molecule is COC1[C@H](C)OC(O[C@@H]2C(C)C(=O)OC[C@@](C)(O)C3O[C@@H]2C[C@](C)(O)CCCNC3C)C[C@@]1(C)OC. The van der Waals surface area contributed by atoms with Gasteiger partial charge in [-0.05, 0) is 60.9 Å². The first-order chi connectivity index (χ1) is 16.7. The van der Waals surface area contributed by atoms with Crippen LogP contribution in [-0.2, 0) is 33.2 Å². The average Bonchev–Trinajstić information content (AvgIpc) is 2.82. The number of carbonyl (C=O) groups excluding carboxylic acids is 1. The molecule has 0 spiro atoms. The van der Waals surface area contributed by atoms with Gasteiger partial charge in [0.05, 0.1) is 35.4 Å². The van der Waals surface area contributed by atoms with Gasteiger partial charge in [-0.25, -0.2) is 0 Å². The Labute approximate surface area is 215 Å². The Kier molecular flexibility index (Phi) is 9.48. The number of aliphatic hydroxyl groups is 2. The third-order valence-electron chi connectivity index (χ3n) is 8.12. The molecule has 3 heterocycles. The normalized spacial score (nSPS) is 49.3. The number of nitrogens with one attached hydrogen (secondary N) is 1. The summed E-state index contributed by atoms with van der Waals surface area (Å²) in [5.74, 6) is -1.24. The number of cyclic esters (lactones) is 1. The molecule has 3 saturated heterocycles. The van der Waals surface area contributed by atoms with Crippen molar-refractivity contribution in [1.29, 1.82) is 0 Å². The number of rotatable bonds is 4. The van der Waals surface area contributed by atoms with Crippen molar-refractivity contribution in [3.8, 4) is 0 Å². The van der Waals surface area contributed by atoms with Crippen molar-refractivity contribution in [3.63, 3.8) is 0 Å². The van der Waals surface area contributed by atoms with Crippen molar-refractivity contribution in [1.82, 2.24) is 5.32 Å². The largest absolute Gasteiger partial charge is 0.462 e. The minimum Gasteiger partial charge on any atom is -0.462 e. The van der Waals surface area contributed by atoms with Gasteiger partial charge in [0.1, 0.15) is 24.4 Å². The number of ether oxygens (including phenoxy) is 6. The van der Waals surface area contributed by atoms with Crippen LogP contribution in [-0.4, -0.2) is 103 Å². The van der Waals surface area contributed by atoms with Gasteiger partial charge in [-0.3, -0.25) is 4.79 Å². The monoisotopic (exact) mass is 517 g/mol. The van der Waals surface area contributed by atoms with Gasteiger partial charge in [0.25, 0.3) is 0 Å². The molecule has 11 atom stereocenters. The van der Waals surface area contributed by atoms with E-state index in [1.54, 1.807) is 35.0 Å².